The average molecular weight is 364 g/mol. The Morgan fingerprint density at radius 2 is 1.63 bits per heavy atom. The van der Waals surface area contributed by atoms with Gasteiger partial charge in [-0.3, -0.25) is 14.6 Å². The van der Waals surface area contributed by atoms with Crippen molar-refractivity contribution in [3.8, 4) is 0 Å². The minimum atomic E-state index is -0.0621. The number of carbonyl (C=O) groups is 1. The van der Waals surface area contributed by atoms with Crippen molar-refractivity contribution in [2.75, 3.05) is 32.7 Å². The van der Waals surface area contributed by atoms with Crippen molar-refractivity contribution in [2.45, 2.75) is 19.9 Å². The molecule has 3 rings (SSSR count). The van der Waals surface area contributed by atoms with Crippen molar-refractivity contribution in [2.24, 2.45) is 5.10 Å². The normalized spacial score (nSPS) is 15.9. The number of benzene rings is 2. The number of aryl methyl sites for hydroxylation is 1. The Labute approximate surface area is 161 Å². The second-order valence-electron chi connectivity index (χ2n) is 6.93. The second kappa shape index (κ2) is 10.00. The molecule has 0 aromatic heterocycles. The topological polar surface area (TPSA) is 47.9 Å². The highest BCUT2D eigenvalue weighted by atomic mass is 16.2. The van der Waals surface area contributed by atoms with Crippen molar-refractivity contribution in [1.29, 1.82) is 0 Å². The molecule has 142 valence electrons. The van der Waals surface area contributed by atoms with Gasteiger partial charge in [-0.15, -0.1) is 0 Å². The first-order valence-electron chi connectivity index (χ1n) is 9.62. The third kappa shape index (κ3) is 6.31. The van der Waals surface area contributed by atoms with Crippen molar-refractivity contribution in [3.05, 3.63) is 71.3 Å². The van der Waals surface area contributed by atoms with Gasteiger partial charge in [0.1, 0.15) is 0 Å². The summed E-state index contributed by atoms with van der Waals surface area (Å²) in [6.45, 7) is 7.27. The van der Waals surface area contributed by atoms with E-state index in [1.165, 1.54) is 11.1 Å². The third-order valence-electron chi connectivity index (χ3n) is 4.87. The van der Waals surface area contributed by atoms with Crippen LogP contribution >= 0.6 is 0 Å². The summed E-state index contributed by atoms with van der Waals surface area (Å²) in [5.74, 6) is -0.0621. The van der Waals surface area contributed by atoms with Crippen LogP contribution in [0.15, 0.2) is 59.7 Å². The molecule has 5 nitrogen and oxygen atoms in total. The largest absolute Gasteiger partial charge is 0.297 e. The number of nitrogens with zero attached hydrogens (tertiary/aromatic N) is 3. The molecule has 1 saturated heterocycles. The molecule has 2 aromatic rings. The molecule has 0 atom stereocenters. The van der Waals surface area contributed by atoms with Crippen molar-refractivity contribution < 1.29 is 4.79 Å². The summed E-state index contributed by atoms with van der Waals surface area (Å²) in [4.78, 5) is 16.7. The molecule has 1 heterocycles. The lowest BCUT2D eigenvalue weighted by Gasteiger charge is -2.34. The van der Waals surface area contributed by atoms with Gasteiger partial charge in [0.15, 0.2) is 0 Å². The fourth-order valence-electron chi connectivity index (χ4n) is 3.20. The minimum Gasteiger partial charge on any atom is -0.297 e. The zero-order valence-electron chi connectivity index (χ0n) is 16.0. The van der Waals surface area contributed by atoms with Crippen molar-refractivity contribution in [3.63, 3.8) is 0 Å². The van der Waals surface area contributed by atoms with Crippen LogP contribution in [0.2, 0.25) is 0 Å². The lowest BCUT2D eigenvalue weighted by molar-refractivity contribution is -0.122. The van der Waals surface area contributed by atoms with E-state index in [1.54, 1.807) is 6.21 Å². The van der Waals surface area contributed by atoms with Crippen LogP contribution in [0.4, 0.5) is 0 Å². The van der Waals surface area contributed by atoms with Crippen LogP contribution in [0, 0.1) is 0 Å². The third-order valence-corrected chi connectivity index (χ3v) is 4.87. The Kier molecular flexibility index (Phi) is 7.13. The fourth-order valence-corrected chi connectivity index (χ4v) is 3.20. The van der Waals surface area contributed by atoms with Crippen LogP contribution in [-0.4, -0.2) is 54.6 Å². The monoisotopic (exact) mass is 364 g/mol. The van der Waals surface area contributed by atoms with Gasteiger partial charge in [-0.2, -0.15) is 5.10 Å². The summed E-state index contributed by atoms with van der Waals surface area (Å²) in [5, 5.41) is 4.07. The Hall–Kier alpha value is -2.50. The number of amides is 1. The Bertz CT molecular complexity index is 735. The first kappa shape index (κ1) is 19.3. The maximum absolute atomic E-state index is 12.1. The molecule has 1 aliphatic heterocycles. The molecule has 27 heavy (non-hydrogen) atoms. The van der Waals surface area contributed by atoms with Crippen LogP contribution in [0.3, 0.4) is 0 Å². The van der Waals surface area contributed by atoms with E-state index in [2.05, 4.69) is 63.6 Å². The van der Waals surface area contributed by atoms with Crippen LogP contribution in [0.5, 0.6) is 0 Å². The van der Waals surface area contributed by atoms with Gasteiger partial charge >= 0.3 is 0 Å². The minimum absolute atomic E-state index is 0.0621. The molecule has 0 bridgehead atoms. The van der Waals surface area contributed by atoms with E-state index in [9.17, 15) is 4.79 Å². The highest BCUT2D eigenvalue weighted by Gasteiger charge is 2.18. The molecule has 5 heteroatoms. The Balaban J connectivity index is 1.37. The predicted molar refractivity (Wildman–Crippen MR) is 110 cm³/mol. The van der Waals surface area contributed by atoms with E-state index in [4.69, 9.17) is 0 Å². The summed E-state index contributed by atoms with van der Waals surface area (Å²) in [5.41, 5.74) is 6.25. The molecule has 1 N–H and O–H groups in total. The summed E-state index contributed by atoms with van der Waals surface area (Å²) < 4.78 is 0. The molecule has 0 spiro atoms. The number of carbonyl (C=O) groups excluding carboxylic acids is 1. The molecule has 0 aliphatic carbocycles. The zero-order chi connectivity index (χ0) is 18.9. The van der Waals surface area contributed by atoms with Gasteiger partial charge in [0.2, 0.25) is 0 Å². The van der Waals surface area contributed by atoms with Gasteiger partial charge in [-0.05, 0) is 23.1 Å². The van der Waals surface area contributed by atoms with E-state index in [-0.39, 0.29) is 5.91 Å². The molecule has 1 aliphatic rings. The summed E-state index contributed by atoms with van der Waals surface area (Å²) in [6, 6.07) is 18.7. The molecule has 1 fully saturated rings. The summed E-state index contributed by atoms with van der Waals surface area (Å²) in [6.07, 6.45) is 2.71. The van der Waals surface area contributed by atoms with Crippen LogP contribution < -0.4 is 5.43 Å². The SMILES string of the molecule is CCc1ccc(/C=N/NC(=O)CN2CCN(Cc3ccccc3)CC2)cc1. The molecule has 0 radical (unpaired) electrons. The summed E-state index contributed by atoms with van der Waals surface area (Å²) >= 11 is 0. The standard InChI is InChI=1S/C22H28N4O/c1-2-19-8-10-20(11-9-19)16-23-24-22(27)18-26-14-12-25(13-15-26)17-21-6-4-3-5-7-21/h3-11,16H,2,12-15,17-18H2,1H3,(H,24,27)/b23-16+. The molecule has 1 amide bonds. The quantitative estimate of drug-likeness (QED) is 0.607. The molecular formula is C22H28N4O. The van der Waals surface area contributed by atoms with Gasteiger partial charge in [0.05, 0.1) is 12.8 Å². The Morgan fingerprint density at radius 1 is 0.963 bits per heavy atom. The highest BCUT2D eigenvalue weighted by molar-refractivity contribution is 5.83. The van der Waals surface area contributed by atoms with E-state index in [1.807, 2.05) is 18.2 Å². The molecular weight excluding hydrogens is 336 g/mol. The van der Waals surface area contributed by atoms with Crippen LogP contribution in [0.1, 0.15) is 23.6 Å². The van der Waals surface area contributed by atoms with Gasteiger partial charge in [0.25, 0.3) is 5.91 Å². The van der Waals surface area contributed by atoms with Crippen LogP contribution in [0.25, 0.3) is 0 Å². The average Bonchev–Trinajstić information content (AvgIpc) is 2.71. The number of rotatable bonds is 7. The predicted octanol–water partition coefficient (Wildman–Crippen LogP) is 2.52. The van der Waals surface area contributed by atoms with E-state index in [0.29, 0.717) is 6.54 Å². The fraction of sp³-hybridized carbons (Fsp3) is 0.364. The number of piperazine rings is 1. The maximum Gasteiger partial charge on any atom is 0.254 e. The molecule has 0 saturated carbocycles. The zero-order valence-corrected chi connectivity index (χ0v) is 16.0. The first-order valence-corrected chi connectivity index (χ1v) is 9.62. The van der Waals surface area contributed by atoms with Gasteiger partial charge < -0.3 is 0 Å². The lowest BCUT2D eigenvalue weighted by atomic mass is 10.1. The first-order chi connectivity index (χ1) is 13.2. The van der Waals surface area contributed by atoms with E-state index < -0.39 is 0 Å². The Morgan fingerprint density at radius 3 is 2.30 bits per heavy atom. The lowest BCUT2D eigenvalue weighted by Crippen LogP contribution is -2.48. The van der Waals surface area contributed by atoms with Gasteiger partial charge in [-0.1, -0.05) is 61.5 Å². The maximum atomic E-state index is 12.1. The van der Waals surface area contributed by atoms with Crippen molar-refractivity contribution >= 4 is 12.1 Å². The number of hydrogen-bond donors (Lipinski definition) is 1. The number of nitrogens with one attached hydrogen (secondary N) is 1. The number of hydrogen-bond acceptors (Lipinski definition) is 4. The van der Waals surface area contributed by atoms with Gasteiger partial charge in [0, 0.05) is 32.7 Å². The smallest absolute Gasteiger partial charge is 0.254 e. The second-order valence-corrected chi connectivity index (χ2v) is 6.93. The van der Waals surface area contributed by atoms with Crippen molar-refractivity contribution in [1.82, 2.24) is 15.2 Å². The highest BCUT2D eigenvalue weighted by Crippen LogP contribution is 2.08. The summed E-state index contributed by atoms with van der Waals surface area (Å²) in [7, 11) is 0. The molecule has 2 aromatic carbocycles. The number of hydrazone groups is 1. The molecule has 0 unspecified atom stereocenters. The van der Waals surface area contributed by atoms with E-state index >= 15 is 0 Å². The van der Waals surface area contributed by atoms with Crippen LogP contribution in [-0.2, 0) is 17.8 Å². The van der Waals surface area contributed by atoms with Gasteiger partial charge in [-0.25, -0.2) is 5.43 Å². The van der Waals surface area contributed by atoms with E-state index in [0.717, 1.165) is 44.7 Å².